The third-order valence-electron chi connectivity index (χ3n) is 2.81. The van der Waals surface area contributed by atoms with E-state index in [4.69, 9.17) is 16.3 Å². The van der Waals surface area contributed by atoms with E-state index in [1.54, 1.807) is 12.1 Å². The normalized spacial score (nSPS) is 10.4. The minimum atomic E-state index is -0.497. The second-order valence-corrected chi connectivity index (χ2v) is 5.24. The Morgan fingerprint density at radius 3 is 2.71 bits per heavy atom. The van der Waals surface area contributed by atoms with Crippen LogP contribution in [0.2, 0.25) is 0 Å². The van der Waals surface area contributed by atoms with Gasteiger partial charge in [0.1, 0.15) is 18.2 Å². The number of hydrogen-bond donors (Lipinski definition) is 0. The van der Waals surface area contributed by atoms with Crippen molar-refractivity contribution in [1.82, 2.24) is 0 Å². The largest absolute Gasteiger partial charge is 0.489 e. The zero-order chi connectivity index (χ0) is 15.4. The molecule has 0 heterocycles. The zero-order valence-electron chi connectivity index (χ0n) is 10.7. The fraction of sp³-hybridized carbons (Fsp3) is 0.143. The van der Waals surface area contributed by atoms with Gasteiger partial charge in [0, 0.05) is 23.3 Å². The summed E-state index contributed by atoms with van der Waals surface area (Å²) < 4.78 is 19.3. The van der Waals surface area contributed by atoms with E-state index >= 15 is 0 Å². The molecule has 21 heavy (non-hydrogen) atoms. The van der Waals surface area contributed by atoms with Crippen LogP contribution in [0.15, 0.2) is 40.9 Å². The van der Waals surface area contributed by atoms with Gasteiger partial charge in [0.25, 0.3) is 5.69 Å². The number of halogens is 3. The van der Waals surface area contributed by atoms with Crippen LogP contribution in [0.25, 0.3) is 0 Å². The number of rotatable bonds is 5. The van der Waals surface area contributed by atoms with E-state index in [1.165, 1.54) is 24.3 Å². The van der Waals surface area contributed by atoms with E-state index < -0.39 is 4.92 Å². The SMILES string of the molecule is O=[N+]([O-])c1ccc(OCc2cccc(F)c2Br)c(CCl)c1. The molecule has 0 spiro atoms. The van der Waals surface area contributed by atoms with Crippen LogP contribution in [0.1, 0.15) is 11.1 Å². The van der Waals surface area contributed by atoms with Gasteiger partial charge in [0.2, 0.25) is 0 Å². The Bertz CT molecular complexity index is 681. The highest BCUT2D eigenvalue weighted by atomic mass is 79.9. The monoisotopic (exact) mass is 373 g/mol. The van der Waals surface area contributed by atoms with Gasteiger partial charge in [-0.15, -0.1) is 11.6 Å². The number of nitrogens with zero attached hydrogens (tertiary/aromatic N) is 1. The van der Waals surface area contributed by atoms with Crippen LogP contribution in [-0.2, 0) is 12.5 Å². The minimum Gasteiger partial charge on any atom is -0.489 e. The van der Waals surface area contributed by atoms with E-state index in [0.29, 0.717) is 21.3 Å². The molecule has 0 bridgehead atoms. The van der Waals surface area contributed by atoms with Crippen molar-refractivity contribution in [3.05, 3.63) is 67.9 Å². The van der Waals surface area contributed by atoms with E-state index in [-0.39, 0.29) is 24.0 Å². The molecule has 2 rings (SSSR count). The van der Waals surface area contributed by atoms with E-state index in [9.17, 15) is 14.5 Å². The van der Waals surface area contributed by atoms with Gasteiger partial charge in [-0.25, -0.2) is 4.39 Å². The third kappa shape index (κ3) is 3.71. The summed E-state index contributed by atoms with van der Waals surface area (Å²) in [6.07, 6.45) is 0. The molecule has 0 atom stereocenters. The molecule has 110 valence electrons. The van der Waals surface area contributed by atoms with Crippen molar-refractivity contribution in [3.63, 3.8) is 0 Å². The number of ether oxygens (including phenoxy) is 1. The van der Waals surface area contributed by atoms with Gasteiger partial charge in [-0.05, 0) is 28.1 Å². The molecule has 7 heteroatoms. The van der Waals surface area contributed by atoms with E-state index in [2.05, 4.69) is 15.9 Å². The molecule has 0 aliphatic rings. The number of hydrogen-bond acceptors (Lipinski definition) is 3. The van der Waals surface area contributed by atoms with E-state index in [1.807, 2.05) is 0 Å². The highest BCUT2D eigenvalue weighted by Crippen LogP contribution is 2.28. The van der Waals surface area contributed by atoms with Crippen LogP contribution < -0.4 is 4.74 Å². The summed E-state index contributed by atoms with van der Waals surface area (Å²) in [5.74, 6) is 0.144. The third-order valence-corrected chi connectivity index (χ3v) is 3.99. The van der Waals surface area contributed by atoms with Crippen LogP contribution in [0.5, 0.6) is 5.75 Å². The Morgan fingerprint density at radius 1 is 1.29 bits per heavy atom. The molecule has 0 saturated heterocycles. The standard InChI is InChI=1S/C14H10BrClFNO3/c15-14-9(2-1-3-12(14)17)8-21-13-5-4-11(18(19)20)6-10(13)7-16/h1-6H,7-8H2. The Kier molecular flexibility index (Phi) is 5.14. The van der Waals surface area contributed by atoms with Gasteiger partial charge in [-0.2, -0.15) is 0 Å². The zero-order valence-corrected chi connectivity index (χ0v) is 13.0. The first-order valence-corrected chi connectivity index (χ1v) is 7.24. The number of benzene rings is 2. The molecule has 0 saturated carbocycles. The number of nitro groups is 1. The maximum Gasteiger partial charge on any atom is 0.270 e. The number of alkyl halides is 1. The molecule has 0 fully saturated rings. The van der Waals surface area contributed by atoms with Gasteiger partial charge < -0.3 is 4.74 Å². The van der Waals surface area contributed by atoms with Crippen molar-refractivity contribution in [1.29, 1.82) is 0 Å². The second kappa shape index (κ2) is 6.87. The van der Waals surface area contributed by atoms with Crippen LogP contribution in [0.3, 0.4) is 0 Å². The van der Waals surface area contributed by atoms with Crippen molar-refractivity contribution >= 4 is 33.2 Å². The first kappa shape index (κ1) is 15.7. The molecule has 0 radical (unpaired) electrons. The van der Waals surface area contributed by atoms with Crippen molar-refractivity contribution in [2.45, 2.75) is 12.5 Å². The smallest absolute Gasteiger partial charge is 0.270 e. The minimum absolute atomic E-state index is 0.0510. The first-order chi connectivity index (χ1) is 10.0. The lowest BCUT2D eigenvalue weighted by Gasteiger charge is -2.11. The molecular weight excluding hydrogens is 365 g/mol. The van der Waals surface area contributed by atoms with Crippen molar-refractivity contribution in [2.75, 3.05) is 0 Å². The summed E-state index contributed by atoms with van der Waals surface area (Å²) in [7, 11) is 0. The van der Waals surface area contributed by atoms with Crippen molar-refractivity contribution < 1.29 is 14.1 Å². The lowest BCUT2D eigenvalue weighted by Crippen LogP contribution is -2.00. The Labute approximate surface area is 133 Å². The summed E-state index contributed by atoms with van der Waals surface area (Å²) in [6, 6.07) is 8.83. The van der Waals surface area contributed by atoms with Crippen LogP contribution >= 0.6 is 27.5 Å². The molecule has 0 unspecified atom stereocenters. The molecule has 4 nitrogen and oxygen atoms in total. The summed E-state index contributed by atoms with van der Waals surface area (Å²) in [6.45, 7) is 0.125. The topological polar surface area (TPSA) is 52.4 Å². The Morgan fingerprint density at radius 2 is 2.05 bits per heavy atom. The molecule has 0 aliphatic heterocycles. The van der Waals surface area contributed by atoms with Crippen LogP contribution in [0, 0.1) is 15.9 Å². The quantitative estimate of drug-likeness (QED) is 0.428. The molecule has 0 N–H and O–H groups in total. The molecule has 0 aliphatic carbocycles. The molecular formula is C14H10BrClFNO3. The summed E-state index contributed by atoms with van der Waals surface area (Å²) >= 11 is 8.92. The van der Waals surface area contributed by atoms with Gasteiger partial charge in [0.05, 0.1) is 15.3 Å². The second-order valence-electron chi connectivity index (χ2n) is 4.18. The number of non-ortho nitro benzene ring substituents is 1. The lowest BCUT2D eigenvalue weighted by atomic mass is 10.2. The summed E-state index contributed by atoms with van der Waals surface area (Å²) in [5, 5.41) is 10.7. The molecule has 2 aromatic rings. The van der Waals surface area contributed by atoms with Gasteiger partial charge >= 0.3 is 0 Å². The Balaban J connectivity index is 2.20. The molecule has 0 aromatic heterocycles. The summed E-state index contributed by atoms with van der Waals surface area (Å²) in [5.41, 5.74) is 1.09. The summed E-state index contributed by atoms with van der Waals surface area (Å²) in [4.78, 5) is 10.2. The predicted molar refractivity (Wildman–Crippen MR) is 81.1 cm³/mol. The van der Waals surface area contributed by atoms with Crippen LogP contribution in [0.4, 0.5) is 10.1 Å². The Hall–Kier alpha value is -1.66. The first-order valence-electron chi connectivity index (χ1n) is 5.92. The average molecular weight is 375 g/mol. The maximum atomic E-state index is 13.4. The average Bonchev–Trinajstić information content (AvgIpc) is 2.48. The number of nitro benzene ring substituents is 1. The fourth-order valence-corrected chi connectivity index (χ4v) is 2.33. The van der Waals surface area contributed by atoms with Crippen molar-refractivity contribution in [3.8, 4) is 5.75 Å². The lowest BCUT2D eigenvalue weighted by molar-refractivity contribution is -0.384. The highest BCUT2D eigenvalue weighted by Gasteiger charge is 2.12. The van der Waals surface area contributed by atoms with Crippen LogP contribution in [-0.4, -0.2) is 4.92 Å². The maximum absolute atomic E-state index is 13.4. The van der Waals surface area contributed by atoms with Gasteiger partial charge in [-0.1, -0.05) is 12.1 Å². The van der Waals surface area contributed by atoms with E-state index in [0.717, 1.165) is 0 Å². The fourth-order valence-electron chi connectivity index (χ4n) is 1.74. The molecule has 2 aromatic carbocycles. The highest BCUT2D eigenvalue weighted by molar-refractivity contribution is 9.10. The van der Waals surface area contributed by atoms with Crippen molar-refractivity contribution in [2.24, 2.45) is 0 Å². The predicted octanol–water partition coefficient (Wildman–Crippen LogP) is 4.81. The molecule has 0 amide bonds. The van der Waals surface area contributed by atoms with Gasteiger partial charge in [0.15, 0.2) is 0 Å². The van der Waals surface area contributed by atoms with Gasteiger partial charge in [-0.3, -0.25) is 10.1 Å².